The minimum Gasteiger partial charge on any atom is -0.356 e. The second kappa shape index (κ2) is 8.98. The van der Waals surface area contributed by atoms with E-state index >= 15 is 0 Å². The fourth-order valence-electron chi connectivity index (χ4n) is 4.02. The smallest absolute Gasteiger partial charge is 0.317 e. The SMILES string of the molecule is Cc1cccc(N2CCC(NC(=O)N3CCCN(c4nc(C)cs4)CC3)CC2)n1. The van der Waals surface area contributed by atoms with Gasteiger partial charge in [-0.2, -0.15) is 0 Å². The van der Waals surface area contributed by atoms with E-state index in [0.717, 1.165) is 80.9 Å². The number of urea groups is 1. The van der Waals surface area contributed by atoms with Crippen LogP contribution < -0.4 is 15.1 Å². The van der Waals surface area contributed by atoms with Crippen molar-refractivity contribution < 1.29 is 4.79 Å². The first-order valence-corrected chi connectivity index (χ1v) is 11.4. The van der Waals surface area contributed by atoms with Gasteiger partial charge in [0.25, 0.3) is 0 Å². The van der Waals surface area contributed by atoms with E-state index in [-0.39, 0.29) is 12.1 Å². The Labute approximate surface area is 176 Å². The van der Waals surface area contributed by atoms with Crippen LogP contribution in [0.4, 0.5) is 15.7 Å². The molecule has 1 N–H and O–H groups in total. The van der Waals surface area contributed by atoms with Crippen molar-refractivity contribution in [1.29, 1.82) is 0 Å². The van der Waals surface area contributed by atoms with Crippen LogP contribution in [0.2, 0.25) is 0 Å². The summed E-state index contributed by atoms with van der Waals surface area (Å²) in [7, 11) is 0. The van der Waals surface area contributed by atoms with Crippen LogP contribution in [0.5, 0.6) is 0 Å². The number of hydrogen-bond acceptors (Lipinski definition) is 6. The van der Waals surface area contributed by atoms with E-state index in [2.05, 4.69) is 42.6 Å². The third kappa shape index (κ3) is 4.98. The second-order valence-electron chi connectivity index (χ2n) is 7.95. The summed E-state index contributed by atoms with van der Waals surface area (Å²) < 4.78 is 0. The topological polar surface area (TPSA) is 64.6 Å². The van der Waals surface area contributed by atoms with E-state index in [1.807, 2.05) is 24.8 Å². The van der Waals surface area contributed by atoms with Gasteiger partial charge in [0.15, 0.2) is 5.13 Å². The lowest BCUT2D eigenvalue weighted by molar-refractivity contribution is 0.195. The number of carbonyl (C=O) groups is 1. The first kappa shape index (κ1) is 19.9. The van der Waals surface area contributed by atoms with Gasteiger partial charge in [-0.1, -0.05) is 6.07 Å². The van der Waals surface area contributed by atoms with Gasteiger partial charge in [0.2, 0.25) is 0 Å². The zero-order valence-electron chi connectivity index (χ0n) is 17.3. The Morgan fingerprint density at radius 2 is 1.83 bits per heavy atom. The molecular formula is C21H30N6OS. The molecule has 2 aliphatic rings. The normalized spacial score (nSPS) is 18.6. The largest absolute Gasteiger partial charge is 0.356 e. The van der Waals surface area contributed by atoms with Crippen LogP contribution in [-0.2, 0) is 0 Å². The minimum absolute atomic E-state index is 0.0781. The Bertz CT molecular complexity index is 832. The first-order chi connectivity index (χ1) is 14.1. The van der Waals surface area contributed by atoms with Gasteiger partial charge in [0, 0.05) is 56.4 Å². The van der Waals surface area contributed by atoms with Gasteiger partial charge in [-0.05, 0) is 45.2 Å². The van der Waals surface area contributed by atoms with Gasteiger partial charge in [-0.3, -0.25) is 0 Å². The molecule has 156 valence electrons. The summed E-state index contributed by atoms with van der Waals surface area (Å²) >= 11 is 1.69. The van der Waals surface area contributed by atoms with Gasteiger partial charge < -0.3 is 20.0 Å². The highest BCUT2D eigenvalue weighted by Crippen LogP contribution is 2.22. The zero-order valence-corrected chi connectivity index (χ0v) is 18.1. The third-order valence-electron chi connectivity index (χ3n) is 5.68. The van der Waals surface area contributed by atoms with Crippen LogP contribution in [0.3, 0.4) is 0 Å². The maximum Gasteiger partial charge on any atom is 0.317 e. The Morgan fingerprint density at radius 3 is 2.55 bits per heavy atom. The fraction of sp³-hybridized carbons (Fsp3) is 0.571. The van der Waals surface area contributed by atoms with E-state index in [9.17, 15) is 4.79 Å². The number of amides is 2. The molecule has 0 spiro atoms. The predicted octanol–water partition coefficient (Wildman–Crippen LogP) is 3.05. The maximum atomic E-state index is 12.8. The van der Waals surface area contributed by atoms with E-state index in [0.29, 0.717) is 0 Å². The molecule has 0 saturated carbocycles. The van der Waals surface area contributed by atoms with Crippen LogP contribution in [0.1, 0.15) is 30.7 Å². The summed E-state index contributed by atoms with van der Waals surface area (Å²) in [6, 6.07) is 6.47. The summed E-state index contributed by atoms with van der Waals surface area (Å²) in [4.78, 5) is 28.6. The molecular weight excluding hydrogens is 384 g/mol. The van der Waals surface area contributed by atoms with Gasteiger partial charge >= 0.3 is 6.03 Å². The molecule has 2 aromatic heterocycles. The number of nitrogens with one attached hydrogen (secondary N) is 1. The summed E-state index contributed by atoms with van der Waals surface area (Å²) in [5.41, 5.74) is 2.11. The van der Waals surface area contributed by atoms with E-state index in [1.54, 1.807) is 11.3 Å². The van der Waals surface area contributed by atoms with Crippen molar-refractivity contribution in [3.8, 4) is 0 Å². The van der Waals surface area contributed by atoms with Crippen LogP contribution in [0.25, 0.3) is 0 Å². The number of pyridine rings is 1. The zero-order chi connectivity index (χ0) is 20.2. The average molecular weight is 415 g/mol. The highest BCUT2D eigenvalue weighted by atomic mass is 32.1. The lowest BCUT2D eigenvalue weighted by Gasteiger charge is -2.34. The Morgan fingerprint density at radius 1 is 1.00 bits per heavy atom. The van der Waals surface area contributed by atoms with Gasteiger partial charge in [-0.25, -0.2) is 14.8 Å². The summed E-state index contributed by atoms with van der Waals surface area (Å²) in [6.45, 7) is 9.26. The Hall–Kier alpha value is -2.35. The molecule has 2 saturated heterocycles. The molecule has 2 aromatic rings. The molecule has 29 heavy (non-hydrogen) atoms. The molecule has 0 unspecified atom stereocenters. The number of aryl methyl sites for hydroxylation is 2. The van der Waals surface area contributed by atoms with E-state index in [1.165, 1.54) is 0 Å². The highest BCUT2D eigenvalue weighted by Gasteiger charge is 2.25. The molecule has 0 aliphatic carbocycles. The number of hydrogen-bond donors (Lipinski definition) is 1. The molecule has 0 aromatic carbocycles. The average Bonchev–Trinajstić information content (AvgIpc) is 3.00. The monoisotopic (exact) mass is 414 g/mol. The number of thiazole rings is 1. The van der Waals surface area contributed by atoms with Crippen LogP contribution in [-0.4, -0.2) is 66.2 Å². The minimum atomic E-state index is 0.0781. The molecule has 4 heterocycles. The van der Waals surface area contributed by atoms with Crippen molar-refractivity contribution in [3.63, 3.8) is 0 Å². The lowest BCUT2D eigenvalue weighted by atomic mass is 10.1. The molecule has 4 rings (SSSR count). The number of carbonyl (C=O) groups excluding carboxylic acids is 1. The van der Waals surface area contributed by atoms with Gasteiger partial charge in [-0.15, -0.1) is 11.3 Å². The van der Waals surface area contributed by atoms with Crippen LogP contribution in [0.15, 0.2) is 23.6 Å². The summed E-state index contributed by atoms with van der Waals surface area (Å²) in [5, 5.41) is 6.42. The standard InChI is InChI=1S/C21H30N6OS/c1-16-5-3-6-19(22-16)25-11-7-18(8-12-25)24-20(28)26-9-4-10-27(14-13-26)21-23-17(2)15-29-21/h3,5-6,15,18H,4,7-14H2,1-2H3,(H,24,28). The Kier molecular flexibility index (Phi) is 6.18. The molecule has 7 nitrogen and oxygen atoms in total. The van der Waals surface area contributed by atoms with Gasteiger partial charge in [0.1, 0.15) is 5.82 Å². The number of rotatable bonds is 3. The number of piperidine rings is 1. The number of anilines is 2. The van der Waals surface area contributed by atoms with Crippen molar-refractivity contribution in [2.75, 3.05) is 49.1 Å². The van der Waals surface area contributed by atoms with Gasteiger partial charge in [0.05, 0.1) is 5.69 Å². The highest BCUT2D eigenvalue weighted by molar-refractivity contribution is 7.13. The molecule has 0 radical (unpaired) electrons. The second-order valence-corrected chi connectivity index (χ2v) is 8.78. The molecule has 2 amide bonds. The lowest BCUT2D eigenvalue weighted by Crippen LogP contribution is -2.50. The van der Waals surface area contributed by atoms with Crippen molar-refractivity contribution in [1.82, 2.24) is 20.2 Å². The number of aromatic nitrogens is 2. The molecule has 8 heteroatoms. The molecule has 2 aliphatic heterocycles. The molecule has 0 atom stereocenters. The maximum absolute atomic E-state index is 12.8. The van der Waals surface area contributed by atoms with Crippen molar-refractivity contribution in [2.45, 2.75) is 39.2 Å². The first-order valence-electron chi connectivity index (χ1n) is 10.5. The third-order valence-corrected chi connectivity index (χ3v) is 6.70. The number of nitrogens with zero attached hydrogens (tertiary/aromatic N) is 5. The Balaban J connectivity index is 1.25. The van der Waals surface area contributed by atoms with E-state index in [4.69, 9.17) is 0 Å². The van der Waals surface area contributed by atoms with Crippen molar-refractivity contribution >= 4 is 28.3 Å². The summed E-state index contributed by atoms with van der Waals surface area (Å²) in [5.74, 6) is 1.04. The van der Waals surface area contributed by atoms with Crippen LogP contribution >= 0.6 is 11.3 Å². The molecule has 0 bridgehead atoms. The van der Waals surface area contributed by atoms with Crippen molar-refractivity contribution in [3.05, 3.63) is 35.0 Å². The molecule has 2 fully saturated rings. The predicted molar refractivity (Wildman–Crippen MR) is 118 cm³/mol. The van der Waals surface area contributed by atoms with E-state index < -0.39 is 0 Å². The summed E-state index contributed by atoms with van der Waals surface area (Å²) in [6.07, 6.45) is 2.89. The quantitative estimate of drug-likeness (QED) is 0.836. The van der Waals surface area contributed by atoms with Crippen LogP contribution in [0, 0.1) is 13.8 Å². The fourth-order valence-corrected chi connectivity index (χ4v) is 4.88. The van der Waals surface area contributed by atoms with Crippen molar-refractivity contribution in [2.24, 2.45) is 0 Å².